The molecule has 1 heteroatoms. The highest BCUT2D eigenvalue weighted by Crippen LogP contribution is 2.29. The topological polar surface area (TPSA) is 0 Å². The van der Waals surface area contributed by atoms with Gasteiger partial charge in [0.15, 0.2) is 0 Å². The van der Waals surface area contributed by atoms with Gasteiger partial charge in [-0.3, -0.25) is 0 Å². The lowest BCUT2D eigenvalue weighted by Crippen LogP contribution is -1.97. The maximum Gasteiger partial charge on any atom is 0.0444 e. The largest absolute Gasteiger partial charge is 0.0840 e. The summed E-state index contributed by atoms with van der Waals surface area (Å²) in [6.07, 6.45) is 1.08. The van der Waals surface area contributed by atoms with Gasteiger partial charge in [0, 0.05) is 10.9 Å². The van der Waals surface area contributed by atoms with Gasteiger partial charge >= 0.3 is 0 Å². The third kappa shape index (κ3) is 2.70. The van der Waals surface area contributed by atoms with Crippen LogP contribution in [0.2, 0.25) is 5.02 Å². The minimum absolute atomic E-state index is 0.342. The smallest absolute Gasteiger partial charge is 0.0444 e. The first-order valence-corrected chi connectivity index (χ1v) is 6.43. The Bertz CT molecular complexity index is 485. The molecule has 0 aliphatic heterocycles. The van der Waals surface area contributed by atoms with Crippen LogP contribution < -0.4 is 0 Å². The first-order valence-electron chi connectivity index (χ1n) is 6.05. The number of hydrogen-bond donors (Lipinski definition) is 0. The molecule has 0 fully saturated rings. The predicted molar refractivity (Wildman–Crippen MR) is 74.8 cm³/mol. The second kappa shape index (κ2) is 5.37. The average molecular weight is 245 g/mol. The Kier molecular flexibility index (Phi) is 3.86. The number of halogens is 1. The van der Waals surface area contributed by atoms with Gasteiger partial charge < -0.3 is 0 Å². The summed E-state index contributed by atoms with van der Waals surface area (Å²) in [7, 11) is 0. The molecule has 2 aromatic rings. The highest BCUT2D eigenvalue weighted by molar-refractivity contribution is 6.31. The van der Waals surface area contributed by atoms with Crippen molar-refractivity contribution in [3.05, 3.63) is 70.2 Å². The number of hydrogen-bond acceptors (Lipinski definition) is 0. The molecule has 0 spiro atoms. The zero-order valence-corrected chi connectivity index (χ0v) is 11.0. The summed E-state index contributed by atoms with van der Waals surface area (Å²) in [6, 6.07) is 16.9. The van der Waals surface area contributed by atoms with E-state index in [9.17, 15) is 0 Å². The molecule has 2 aromatic carbocycles. The number of benzene rings is 2. The van der Waals surface area contributed by atoms with Gasteiger partial charge in [0.05, 0.1) is 0 Å². The van der Waals surface area contributed by atoms with Crippen LogP contribution in [0.25, 0.3) is 0 Å². The van der Waals surface area contributed by atoms with Gasteiger partial charge in [-0.2, -0.15) is 0 Å². The third-order valence-corrected chi connectivity index (χ3v) is 3.60. The second-order valence-electron chi connectivity index (χ2n) is 4.34. The molecule has 0 unspecified atom stereocenters. The molecule has 1 atom stereocenters. The third-order valence-electron chi connectivity index (χ3n) is 3.26. The molecule has 88 valence electrons. The monoisotopic (exact) mass is 244 g/mol. The van der Waals surface area contributed by atoms with E-state index < -0.39 is 0 Å². The molecule has 0 radical (unpaired) electrons. The van der Waals surface area contributed by atoms with Crippen molar-refractivity contribution in [3.63, 3.8) is 0 Å². The Balaban J connectivity index is 2.30. The predicted octanol–water partition coefficient (Wildman–Crippen LogP) is 5.05. The quantitative estimate of drug-likeness (QED) is 0.709. The average Bonchev–Trinajstić information content (AvgIpc) is 2.39. The highest BCUT2D eigenvalue weighted by atomic mass is 35.5. The zero-order chi connectivity index (χ0) is 12.3. The van der Waals surface area contributed by atoms with Crippen LogP contribution in [0.1, 0.15) is 36.5 Å². The molecule has 0 heterocycles. The summed E-state index contributed by atoms with van der Waals surface area (Å²) in [6.45, 7) is 4.37. The molecular formula is C16H17Cl. The van der Waals surface area contributed by atoms with Gasteiger partial charge in [-0.25, -0.2) is 0 Å². The maximum atomic E-state index is 6.23. The van der Waals surface area contributed by atoms with E-state index in [1.165, 1.54) is 16.7 Å². The van der Waals surface area contributed by atoms with Crippen molar-refractivity contribution in [1.82, 2.24) is 0 Å². The van der Waals surface area contributed by atoms with E-state index in [2.05, 4.69) is 44.2 Å². The Hall–Kier alpha value is -1.27. The molecule has 0 aliphatic carbocycles. The summed E-state index contributed by atoms with van der Waals surface area (Å²) < 4.78 is 0. The zero-order valence-electron chi connectivity index (χ0n) is 10.3. The van der Waals surface area contributed by atoms with Crippen LogP contribution in [0.5, 0.6) is 0 Å². The van der Waals surface area contributed by atoms with Crippen molar-refractivity contribution >= 4 is 11.6 Å². The molecule has 0 bridgehead atoms. The number of aryl methyl sites for hydroxylation is 1. The van der Waals surface area contributed by atoms with Crippen molar-refractivity contribution in [3.8, 4) is 0 Å². The standard InChI is InChI=1S/C16H17Cl/c1-3-13-8-10-14(11-9-13)12(2)15-6-4-5-7-16(15)17/h4-12H,3H2,1-2H3/t12-/m1/s1. The fraction of sp³-hybridized carbons (Fsp3) is 0.250. The Morgan fingerprint density at radius 3 is 2.24 bits per heavy atom. The van der Waals surface area contributed by atoms with E-state index in [0.29, 0.717) is 5.92 Å². The highest BCUT2D eigenvalue weighted by Gasteiger charge is 2.10. The van der Waals surface area contributed by atoms with Crippen molar-refractivity contribution in [2.75, 3.05) is 0 Å². The molecule has 0 aliphatic rings. The van der Waals surface area contributed by atoms with Crippen LogP contribution in [-0.4, -0.2) is 0 Å². The lowest BCUT2D eigenvalue weighted by molar-refractivity contribution is 0.920. The van der Waals surface area contributed by atoms with E-state index in [0.717, 1.165) is 11.4 Å². The minimum Gasteiger partial charge on any atom is -0.0840 e. The molecular weight excluding hydrogens is 228 g/mol. The summed E-state index contributed by atoms with van der Waals surface area (Å²) in [5.74, 6) is 0.342. The van der Waals surface area contributed by atoms with Crippen LogP contribution in [0.4, 0.5) is 0 Å². The van der Waals surface area contributed by atoms with Crippen molar-refractivity contribution in [1.29, 1.82) is 0 Å². The van der Waals surface area contributed by atoms with E-state index in [-0.39, 0.29) is 0 Å². The van der Waals surface area contributed by atoms with Crippen LogP contribution >= 0.6 is 11.6 Å². The normalized spacial score (nSPS) is 12.4. The Labute approximate surface area is 108 Å². The van der Waals surface area contributed by atoms with E-state index in [1.807, 2.05) is 18.2 Å². The van der Waals surface area contributed by atoms with Crippen molar-refractivity contribution < 1.29 is 0 Å². The SMILES string of the molecule is CCc1ccc([C@@H](C)c2ccccc2Cl)cc1. The molecule has 0 amide bonds. The summed E-state index contributed by atoms with van der Waals surface area (Å²) in [5.41, 5.74) is 3.88. The van der Waals surface area contributed by atoms with Crippen LogP contribution in [0.3, 0.4) is 0 Å². The molecule has 0 nitrogen and oxygen atoms in total. The molecule has 0 N–H and O–H groups in total. The van der Waals surface area contributed by atoms with Gasteiger partial charge in [0.25, 0.3) is 0 Å². The lowest BCUT2D eigenvalue weighted by atomic mass is 9.92. The molecule has 0 saturated heterocycles. The van der Waals surface area contributed by atoms with Crippen LogP contribution in [0.15, 0.2) is 48.5 Å². The van der Waals surface area contributed by atoms with Gasteiger partial charge in [0.2, 0.25) is 0 Å². The summed E-state index contributed by atoms with van der Waals surface area (Å²) >= 11 is 6.23. The lowest BCUT2D eigenvalue weighted by Gasteiger charge is -2.14. The first kappa shape index (κ1) is 12.2. The molecule has 0 saturated carbocycles. The van der Waals surface area contributed by atoms with E-state index in [1.54, 1.807) is 0 Å². The van der Waals surface area contributed by atoms with E-state index in [4.69, 9.17) is 11.6 Å². The number of rotatable bonds is 3. The van der Waals surface area contributed by atoms with Crippen molar-refractivity contribution in [2.45, 2.75) is 26.2 Å². The minimum atomic E-state index is 0.342. The van der Waals surface area contributed by atoms with Gasteiger partial charge in [-0.15, -0.1) is 0 Å². The van der Waals surface area contributed by atoms with Gasteiger partial charge in [-0.1, -0.05) is 67.9 Å². The fourth-order valence-corrected chi connectivity index (χ4v) is 2.35. The fourth-order valence-electron chi connectivity index (χ4n) is 2.05. The van der Waals surface area contributed by atoms with E-state index >= 15 is 0 Å². The van der Waals surface area contributed by atoms with Gasteiger partial charge in [0.1, 0.15) is 0 Å². The Morgan fingerprint density at radius 1 is 1.00 bits per heavy atom. The van der Waals surface area contributed by atoms with Crippen LogP contribution in [0, 0.1) is 0 Å². The van der Waals surface area contributed by atoms with Crippen LogP contribution in [-0.2, 0) is 6.42 Å². The summed E-state index contributed by atoms with van der Waals surface area (Å²) in [4.78, 5) is 0. The second-order valence-corrected chi connectivity index (χ2v) is 4.75. The van der Waals surface area contributed by atoms with Gasteiger partial charge in [-0.05, 0) is 29.2 Å². The summed E-state index contributed by atoms with van der Waals surface area (Å²) in [5, 5.41) is 0.847. The van der Waals surface area contributed by atoms with Crippen molar-refractivity contribution in [2.24, 2.45) is 0 Å². The maximum absolute atomic E-state index is 6.23. The molecule has 0 aromatic heterocycles. The molecule has 2 rings (SSSR count). The molecule has 17 heavy (non-hydrogen) atoms. The first-order chi connectivity index (χ1) is 8.22. The Morgan fingerprint density at radius 2 is 1.65 bits per heavy atom.